The molecule has 1 rings (SSSR count). The minimum atomic E-state index is 0.121. The van der Waals surface area contributed by atoms with Gasteiger partial charge >= 0.3 is 0 Å². The Kier molecular flexibility index (Phi) is 5.83. The van der Waals surface area contributed by atoms with Gasteiger partial charge in [-0.1, -0.05) is 13.8 Å². The van der Waals surface area contributed by atoms with E-state index in [-0.39, 0.29) is 5.84 Å². The molecule has 1 aromatic carbocycles. The van der Waals surface area contributed by atoms with E-state index in [4.69, 9.17) is 11.1 Å². The number of anilines is 1. The van der Waals surface area contributed by atoms with E-state index in [2.05, 4.69) is 49.9 Å². The number of likely N-dealkylation sites (N-methyl/N-ethyl adjacent to an activating group) is 1. The van der Waals surface area contributed by atoms with Gasteiger partial charge in [-0.25, -0.2) is 0 Å². The van der Waals surface area contributed by atoms with E-state index in [1.165, 1.54) is 5.69 Å². The number of hydrogen-bond donors (Lipinski definition) is 2. The minimum absolute atomic E-state index is 0.121. The lowest BCUT2D eigenvalue weighted by atomic mass is 10.1. The van der Waals surface area contributed by atoms with Crippen molar-refractivity contribution in [3.8, 4) is 0 Å². The first kappa shape index (κ1) is 15.5. The van der Waals surface area contributed by atoms with Crippen molar-refractivity contribution < 1.29 is 0 Å². The van der Waals surface area contributed by atoms with Crippen LogP contribution in [0.25, 0.3) is 0 Å². The predicted octanol–water partition coefficient (Wildman–Crippen LogP) is 1.99. The van der Waals surface area contributed by atoms with Crippen LogP contribution >= 0.6 is 0 Å². The molecular weight excluding hydrogens is 236 g/mol. The van der Waals surface area contributed by atoms with E-state index in [0.717, 1.165) is 25.2 Å². The molecule has 0 aliphatic heterocycles. The fourth-order valence-corrected chi connectivity index (χ4v) is 1.94. The highest BCUT2D eigenvalue weighted by Gasteiger charge is 2.09. The molecule has 106 valence electrons. The molecule has 3 N–H and O–H groups in total. The van der Waals surface area contributed by atoms with E-state index < -0.39 is 0 Å². The smallest absolute Gasteiger partial charge is 0.122 e. The van der Waals surface area contributed by atoms with Gasteiger partial charge in [0.1, 0.15) is 5.84 Å². The lowest BCUT2D eigenvalue weighted by molar-refractivity contribution is 0.409. The zero-order valence-corrected chi connectivity index (χ0v) is 12.5. The maximum absolute atomic E-state index is 7.42. The molecule has 19 heavy (non-hydrogen) atoms. The molecule has 0 radical (unpaired) electrons. The number of hydrogen-bond acceptors (Lipinski definition) is 3. The van der Waals surface area contributed by atoms with Crippen LogP contribution in [0.1, 0.15) is 19.4 Å². The van der Waals surface area contributed by atoms with Crippen molar-refractivity contribution in [1.82, 2.24) is 4.90 Å². The molecule has 0 saturated heterocycles. The number of benzene rings is 1. The summed E-state index contributed by atoms with van der Waals surface area (Å²) in [6.07, 6.45) is 0. The molecule has 0 amide bonds. The first-order valence-electron chi connectivity index (χ1n) is 6.74. The summed E-state index contributed by atoms with van der Waals surface area (Å²) < 4.78 is 0. The largest absolute Gasteiger partial charge is 0.384 e. The minimum Gasteiger partial charge on any atom is -0.384 e. The quantitative estimate of drug-likeness (QED) is 0.583. The second-order valence-electron chi connectivity index (χ2n) is 5.60. The number of nitrogens with zero attached hydrogens (tertiary/aromatic N) is 2. The van der Waals surface area contributed by atoms with Crippen molar-refractivity contribution in [2.75, 3.05) is 38.6 Å². The summed E-state index contributed by atoms with van der Waals surface area (Å²) in [4.78, 5) is 4.58. The number of nitrogens with one attached hydrogen (secondary N) is 1. The molecule has 0 atom stereocenters. The Morgan fingerprint density at radius 2 is 1.74 bits per heavy atom. The fourth-order valence-electron chi connectivity index (χ4n) is 1.94. The molecule has 0 aromatic heterocycles. The SMILES string of the molecule is CC(C)CN(CCN(C)C)c1ccc(C(=N)N)cc1. The summed E-state index contributed by atoms with van der Waals surface area (Å²) in [5.74, 6) is 0.741. The molecule has 0 aliphatic rings. The molecule has 4 heteroatoms. The summed E-state index contributed by atoms with van der Waals surface area (Å²) in [7, 11) is 4.18. The van der Waals surface area contributed by atoms with Crippen molar-refractivity contribution in [2.45, 2.75) is 13.8 Å². The van der Waals surface area contributed by atoms with Gasteiger partial charge < -0.3 is 15.5 Å². The van der Waals surface area contributed by atoms with E-state index in [0.29, 0.717) is 5.92 Å². The third-order valence-corrected chi connectivity index (χ3v) is 2.95. The Balaban J connectivity index is 2.80. The summed E-state index contributed by atoms with van der Waals surface area (Å²) in [5.41, 5.74) is 7.46. The monoisotopic (exact) mass is 262 g/mol. The number of amidine groups is 1. The molecule has 0 saturated carbocycles. The topological polar surface area (TPSA) is 56.4 Å². The highest BCUT2D eigenvalue weighted by Crippen LogP contribution is 2.16. The Labute approximate surface area is 116 Å². The van der Waals surface area contributed by atoms with Gasteiger partial charge in [0.05, 0.1) is 0 Å². The molecule has 0 fully saturated rings. The van der Waals surface area contributed by atoms with Crippen molar-refractivity contribution >= 4 is 11.5 Å². The molecule has 0 heterocycles. The average Bonchev–Trinajstić information content (AvgIpc) is 2.34. The van der Waals surface area contributed by atoms with Crippen LogP contribution in [0.2, 0.25) is 0 Å². The summed E-state index contributed by atoms with van der Waals surface area (Å²) in [5, 5.41) is 7.42. The van der Waals surface area contributed by atoms with Crippen LogP contribution < -0.4 is 10.6 Å². The molecule has 0 bridgehead atoms. The lowest BCUT2D eigenvalue weighted by Gasteiger charge is -2.28. The van der Waals surface area contributed by atoms with E-state index >= 15 is 0 Å². The Morgan fingerprint density at radius 3 is 2.16 bits per heavy atom. The molecule has 4 nitrogen and oxygen atoms in total. The third-order valence-electron chi connectivity index (χ3n) is 2.95. The number of nitrogens with two attached hydrogens (primary N) is 1. The van der Waals surface area contributed by atoms with Gasteiger partial charge in [-0.2, -0.15) is 0 Å². The predicted molar refractivity (Wildman–Crippen MR) is 83.1 cm³/mol. The van der Waals surface area contributed by atoms with Crippen LogP contribution in [-0.2, 0) is 0 Å². The average molecular weight is 262 g/mol. The first-order valence-corrected chi connectivity index (χ1v) is 6.74. The zero-order chi connectivity index (χ0) is 14.4. The maximum Gasteiger partial charge on any atom is 0.122 e. The van der Waals surface area contributed by atoms with Crippen LogP contribution in [0.4, 0.5) is 5.69 Å². The summed E-state index contributed by atoms with van der Waals surface area (Å²) >= 11 is 0. The van der Waals surface area contributed by atoms with Gasteiger partial charge in [0.2, 0.25) is 0 Å². The van der Waals surface area contributed by atoms with Crippen LogP contribution in [0.3, 0.4) is 0 Å². The molecule has 0 aliphatic carbocycles. The van der Waals surface area contributed by atoms with Gasteiger partial charge in [-0.05, 0) is 44.3 Å². The van der Waals surface area contributed by atoms with Crippen molar-refractivity contribution in [2.24, 2.45) is 11.7 Å². The van der Waals surface area contributed by atoms with Gasteiger partial charge in [-0.3, -0.25) is 5.41 Å². The van der Waals surface area contributed by atoms with E-state index in [1.807, 2.05) is 12.1 Å². The number of rotatable bonds is 7. The molecule has 0 spiro atoms. The van der Waals surface area contributed by atoms with Crippen molar-refractivity contribution in [1.29, 1.82) is 5.41 Å². The van der Waals surface area contributed by atoms with Crippen LogP contribution in [0.5, 0.6) is 0 Å². The van der Waals surface area contributed by atoms with E-state index in [9.17, 15) is 0 Å². The normalized spacial score (nSPS) is 11.1. The second-order valence-corrected chi connectivity index (χ2v) is 5.60. The first-order chi connectivity index (χ1) is 8.90. The summed E-state index contributed by atoms with van der Waals surface area (Å²) in [6.45, 7) is 7.53. The Morgan fingerprint density at radius 1 is 1.16 bits per heavy atom. The molecule has 0 unspecified atom stereocenters. The van der Waals surface area contributed by atoms with Gasteiger partial charge in [0, 0.05) is 30.9 Å². The van der Waals surface area contributed by atoms with Crippen LogP contribution in [0, 0.1) is 11.3 Å². The highest BCUT2D eigenvalue weighted by molar-refractivity contribution is 5.95. The lowest BCUT2D eigenvalue weighted by Crippen LogP contribution is -2.34. The zero-order valence-electron chi connectivity index (χ0n) is 12.5. The summed E-state index contributed by atoms with van der Waals surface area (Å²) in [6, 6.07) is 7.94. The van der Waals surface area contributed by atoms with Gasteiger partial charge in [0.15, 0.2) is 0 Å². The molecular formula is C15H26N4. The maximum atomic E-state index is 7.42. The Bertz CT molecular complexity index is 395. The Hall–Kier alpha value is -1.55. The standard InChI is InChI=1S/C15H26N4/c1-12(2)11-19(10-9-18(3)4)14-7-5-13(6-8-14)15(16)17/h5-8,12H,9-11H2,1-4H3,(H3,16,17). The fraction of sp³-hybridized carbons (Fsp3) is 0.533. The second kappa shape index (κ2) is 7.14. The van der Waals surface area contributed by atoms with Gasteiger partial charge in [0.25, 0.3) is 0 Å². The highest BCUT2D eigenvalue weighted by atomic mass is 15.2. The molecule has 1 aromatic rings. The van der Waals surface area contributed by atoms with Gasteiger partial charge in [-0.15, -0.1) is 0 Å². The van der Waals surface area contributed by atoms with Crippen LogP contribution in [-0.4, -0.2) is 44.5 Å². The van der Waals surface area contributed by atoms with E-state index in [1.54, 1.807) is 0 Å². The third kappa shape index (κ3) is 5.30. The van der Waals surface area contributed by atoms with Crippen molar-refractivity contribution in [3.05, 3.63) is 29.8 Å². The van der Waals surface area contributed by atoms with Crippen molar-refractivity contribution in [3.63, 3.8) is 0 Å². The van der Waals surface area contributed by atoms with Crippen LogP contribution in [0.15, 0.2) is 24.3 Å². The number of nitrogen functional groups attached to an aromatic ring is 1.